The minimum Gasteiger partial charge on any atom is -0.482 e. The summed E-state index contributed by atoms with van der Waals surface area (Å²) in [5.74, 6) is 2.12. The van der Waals surface area contributed by atoms with Gasteiger partial charge in [-0.2, -0.15) is 0 Å². The van der Waals surface area contributed by atoms with Gasteiger partial charge in [0.15, 0.2) is 5.88 Å². The van der Waals surface area contributed by atoms with Crippen molar-refractivity contribution in [2.24, 2.45) is 11.8 Å². The van der Waals surface area contributed by atoms with Crippen LogP contribution in [0.4, 0.5) is 0 Å². The molecule has 47 heavy (non-hydrogen) atoms. The summed E-state index contributed by atoms with van der Waals surface area (Å²) in [4.78, 5) is 41.5. The molecule has 3 atom stereocenters. The molecular weight excluding hydrogens is 590 g/mol. The Labute approximate surface area is 274 Å². The number of hydrogen-bond donors (Lipinski definition) is 1. The molecule has 3 aliphatic heterocycles. The quantitative estimate of drug-likeness (QED) is 0.244. The van der Waals surface area contributed by atoms with Crippen LogP contribution in [0.25, 0.3) is 28.1 Å². The largest absolute Gasteiger partial charge is 0.482 e. The molecule has 2 amide bonds. The number of nitrogens with zero attached hydrogens (tertiary/aromatic N) is 6. The molecule has 0 aromatic carbocycles. The molecule has 0 spiro atoms. The van der Waals surface area contributed by atoms with E-state index in [1.54, 1.807) is 7.11 Å². The number of imidazole rings is 1. The van der Waals surface area contributed by atoms with Gasteiger partial charge in [-0.15, -0.1) is 0 Å². The number of carbonyl (C=O) groups is 2. The van der Waals surface area contributed by atoms with Gasteiger partial charge in [0.1, 0.15) is 17.0 Å². The lowest BCUT2D eigenvalue weighted by molar-refractivity contribution is -0.130. The number of fused-ring (bicyclic) bond motifs is 4. The van der Waals surface area contributed by atoms with Crippen molar-refractivity contribution in [3.8, 4) is 17.3 Å². The number of ether oxygens (including phenoxy) is 1. The number of hydrogen-bond acceptors (Lipinski definition) is 6. The van der Waals surface area contributed by atoms with E-state index in [4.69, 9.17) is 20.1 Å². The molecule has 2 aliphatic carbocycles. The van der Waals surface area contributed by atoms with Gasteiger partial charge < -0.3 is 24.5 Å². The summed E-state index contributed by atoms with van der Waals surface area (Å²) >= 11 is 0. The van der Waals surface area contributed by atoms with Crippen LogP contribution in [-0.4, -0.2) is 78.5 Å². The third kappa shape index (κ3) is 4.85. The van der Waals surface area contributed by atoms with Crippen molar-refractivity contribution in [2.45, 2.75) is 95.7 Å². The minimum atomic E-state index is -0.0832. The molecule has 2 saturated carbocycles. The molecule has 2 bridgehead atoms. The Kier molecular flexibility index (Phi) is 6.73. The second-order valence-electron chi connectivity index (χ2n) is 14.7. The van der Waals surface area contributed by atoms with E-state index in [0.717, 1.165) is 79.1 Å². The van der Waals surface area contributed by atoms with Crippen LogP contribution in [-0.2, 0) is 11.3 Å². The van der Waals surface area contributed by atoms with Gasteiger partial charge in [-0.1, -0.05) is 0 Å². The topological polar surface area (TPSA) is 109 Å². The van der Waals surface area contributed by atoms with Gasteiger partial charge in [0.25, 0.3) is 5.91 Å². The zero-order valence-electron chi connectivity index (χ0n) is 27.4. The highest BCUT2D eigenvalue weighted by atomic mass is 16.5. The van der Waals surface area contributed by atoms with Crippen molar-refractivity contribution >= 4 is 34.2 Å². The van der Waals surface area contributed by atoms with Gasteiger partial charge in [0.05, 0.1) is 24.5 Å². The minimum absolute atomic E-state index is 0.0456. The van der Waals surface area contributed by atoms with Gasteiger partial charge in [-0.05, 0) is 94.4 Å². The van der Waals surface area contributed by atoms with Crippen molar-refractivity contribution in [3.63, 3.8) is 0 Å². The number of likely N-dealkylation sites (tertiary alicyclic amines) is 1. The lowest BCUT2D eigenvalue weighted by Crippen LogP contribution is -2.36. The number of amides is 2. The number of carbonyl (C=O) groups excluding carboxylic acids is 2. The molecule has 5 aliphatic rings. The third-order valence-electron chi connectivity index (χ3n) is 11.5. The molecule has 1 N–H and O–H groups in total. The van der Waals surface area contributed by atoms with Crippen molar-refractivity contribution < 1.29 is 14.3 Å². The second kappa shape index (κ2) is 10.9. The maximum Gasteiger partial charge on any atom is 0.255 e. The van der Waals surface area contributed by atoms with Crippen LogP contribution in [0, 0.1) is 24.2 Å². The van der Waals surface area contributed by atoms with Crippen LogP contribution in [0.3, 0.4) is 0 Å². The molecule has 10 heteroatoms. The van der Waals surface area contributed by atoms with Crippen molar-refractivity contribution in [1.29, 1.82) is 5.41 Å². The van der Waals surface area contributed by atoms with Crippen LogP contribution >= 0.6 is 0 Å². The summed E-state index contributed by atoms with van der Waals surface area (Å²) < 4.78 is 10.2. The molecule has 1 unspecified atom stereocenters. The zero-order valence-corrected chi connectivity index (χ0v) is 27.4. The summed E-state index contributed by atoms with van der Waals surface area (Å²) in [6.07, 6.45) is 10.0. The first-order valence-electron chi connectivity index (χ1n) is 17.6. The molecule has 4 aromatic rings. The number of pyridine rings is 2. The number of nitrogens with one attached hydrogen (secondary N) is 1. The van der Waals surface area contributed by atoms with Gasteiger partial charge >= 0.3 is 0 Å². The average molecular weight is 634 g/mol. The molecule has 9 rings (SSSR count). The average Bonchev–Trinajstić information content (AvgIpc) is 3.84. The number of aryl methyl sites for hydroxylation is 1. The Morgan fingerprint density at radius 3 is 2.51 bits per heavy atom. The monoisotopic (exact) mass is 633 g/mol. The lowest BCUT2D eigenvalue weighted by Gasteiger charge is -2.22. The maximum absolute atomic E-state index is 13.8. The van der Waals surface area contributed by atoms with Crippen LogP contribution in [0.5, 0.6) is 5.88 Å². The normalized spacial score (nSPS) is 23.1. The fraction of sp³-hybridized carbons (Fsp3) is 0.541. The molecule has 7 heterocycles. The first-order valence-corrected chi connectivity index (χ1v) is 17.6. The fourth-order valence-electron chi connectivity index (χ4n) is 8.65. The molecule has 244 valence electrons. The highest BCUT2D eigenvalue weighted by Crippen LogP contribution is 2.45. The van der Waals surface area contributed by atoms with Crippen LogP contribution in [0.15, 0.2) is 30.3 Å². The fourth-order valence-corrected chi connectivity index (χ4v) is 8.65. The van der Waals surface area contributed by atoms with Crippen molar-refractivity contribution in [1.82, 2.24) is 28.7 Å². The van der Waals surface area contributed by atoms with Gasteiger partial charge in [-0.25, -0.2) is 9.97 Å². The smallest absolute Gasteiger partial charge is 0.255 e. The molecule has 5 fully saturated rings. The van der Waals surface area contributed by atoms with E-state index in [2.05, 4.69) is 29.7 Å². The van der Waals surface area contributed by atoms with E-state index in [-0.39, 0.29) is 29.8 Å². The SMILES string of the molecule is COc1cc(C(=O)N2[C@H]3CC[C@@H]2C(=N)C3)cc2nc(-c3cc4ccc(C(CC(=O)N5CCCC5)C5CC5)nc4n3CC3CC3)c(C)n12. The molecule has 3 saturated heterocycles. The van der Waals surface area contributed by atoms with Gasteiger partial charge in [0, 0.05) is 72.9 Å². The van der Waals surface area contributed by atoms with E-state index >= 15 is 0 Å². The summed E-state index contributed by atoms with van der Waals surface area (Å²) in [6, 6.07) is 10.3. The maximum atomic E-state index is 13.8. The number of aromatic nitrogens is 4. The van der Waals surface area contributed by atoms with E-state index in [9.17, 15) is 9.59 Å². The Morgan fingerprint density at radius 1 is 1.02 bits per heavy atom. The molecular formula is C37H43N7O3. The second-order valence-corrected chi connectivity index (χ2v) is 14.7. The molecule has 10 nitrogen and oxygen atoms in total. The Balaban J connectivity index is 1.11. The zero-order chi connectivity index (χ0) is 32.0. The van der Waals surface area contributed by atoms with Crippen LogP contribution in [0.1, 0.15) is 91.9 Å². The Morgan fingerprint density at radius 2 is 1.83 bits per heavy atom. The van der Waals surface area contributed by atoms with E-state index < -0.39 is 0 Å². The first kappa shape index (κ1) is 29.0. The number of rotatable bonds is 9. The van der Waals surface area contributed by atoms with E-state index in [0.29, 0.717) is 47.5 Å². The molecule has 0 radical (unpaired) electrons. The molecule has 4 aromatic heterocycles. The Bertz CT molecular complexity index is 1940. The van der Waals surface area contributed by atoms with E-state index in [1.165, 1.54) is 25.7 Å². The summed E-state index contributed by atoms with van der Waals surface area (Å²) in [6.45, 7) is 4.72. The third-order valence-corrected chi connectivity index (χ3v) is 11.5. The summed E-state index contributed by atoms with van der Waals surface area (Å²) in [7, 11) is 1.64. The van der Waals surface area contributed by atoms with Crippen molar-refractivity contribution in [2.75, 3.05) is 20.2 Å². The highest BCUT2D eigenvalue weighted by Gasteiger charge is 2.46. The van der Waals surface area contributed by atoms with Crippen molar-refractivity contribution in [3.05, 3.63) is 47.3 Å². The highest BCUT2D eigenvalue weighted by molar-refractivity contribution is 6.02. The predicted octanol–water partition coefficient (Wildman–Crippen LogP) is 5.98. The van der Waals surface area contributed by atoms with Gasteiger partial charge in [-0.3, -0.25) is 14.0 Å². The van der Waals surface area contributed by atoms with E-state index in [1.807, 2.05) is 26.3 Å². The first-order chi connectivity index (χ1) is 22.9. The Hall–Kier alpha value is -4.21. The van der Waals surface area contributed by atoms with Gasteiger partial charge in [0.2, 0.25) is 5.91 Å². The standard InChI is InChI=1S/C37H43N7O3/c1-21-35(40-32-16-25(17-34(47-2)43(21)32)37(46)44-26-10-12-30(44)28(38)18-26)31-15-24-9-11-29(39-36(24)42(31)20-22-5-6-22)27(23-7-8-23)19-33(45)41-13-3-4-14-41/h9,11,15-17,22-23,26-27,30,38H,3-8,10,12-14,18-20H2,1-2H3/t26-,27?,30+/m0/s1. The summed E-state index contributed by atoms with van der Waals surface area (Å²) in [5.41, 5.74) is 6.73. The predicted molar refractivity (Wildman–Crippen MR) is 179 cm³/mol. The van der Waals surface area contributed by atoms with Crippen LogP contribution < -0.4 is 4.74 Å². The lowest BCUT2D eigenvalue weighted by atomic mass is 9.94. The summed E-state index contributed by atoms with van der Waals surface area (Å²) in [5, 5.41) is 9.42. The number of methoxy groups -OCH3 is 1. The van der Waals surface area contributed by atoms with Crippen LogP contribution in [0.2, 0.25) is 0 Å².